The Morgan fingerprint density at radius 2 is 2.04 bits per heavy atom. The molecule has 3 N–H and O–H groups in total. The molecular weight excluding hydrogens is 382 g/mol. The van der Waals surface area contributed by atoms with E-state index in [1.807, 2.05) is 43.0 Å². The highest BCUT2D eigenvalue weighted by atomic mass is 79.9. The Kier molecular flexibility index (Phi) is 3.44. The van der Waals surface area contributed by atoms with Crippen LogP contribution in [0.25, 0.3) is 21.8 Å². The molecule has 2 aromatic carbocycles. The second kappa shape index (κ2) is 5.33. The minimum Gasteiger partial charge on any atom is -0.366 e. The first-order valence-corrected chi connectivity index (χ1v) is 8.94. The summed E-state index contributed by atoms with van der Waals surface area (Å²) in [5.74, 6) is -0.331. The lowest BCUT2D eigenvalue weighted by Gasteiger charge is -2.19. The van der Waals surface area contributed by atoms with Crippen molar-refractivity contribution in [1.29, 1.82) is 0 Å². The summed E-state index contributed by atoms with van der Waals surface area (Å²) in [6.45, 7) is 4.67. The van der Waals surface area contributed by atoms with Gasteiger partial charge in [-0.1, -0.05) is 35.8 Å². The highest BCUT2D eigenvalue weighted by Crippen LogP contribution is 2.38. The van der Waals surface area contributed by atoms with Crippen molar-refractivity contribution in [2.75, 3.05) is 11.4 Å². The molecule has 0 atom stereocenters. The average Bonchev–Trinajstić information content (AvgIpc) is 3.05. The summed E-state index contributed by atoms with van der Waals surface area (Å²) in [6, 6.07) is 9.44. The van der Waals surface area contributed by atoms with Gasteiger partial charge in [0.2, 0.25) is 5.91 Å². The molecule has 2 amide bonds. The van der Waals surface area contributed by atoms with Crippen LogP contribution in [0.2, 0.25) is 0 Å². The Bertz CT molecular complexity index is 1050. The number of benzene rings is 2. The average molecular weight is 400 g/mol. The number of aromatic amines is 1. The second-order valence-corrected chi connectivity index (χ2v) is 8.01. The molecule has 1 aliphatic rings. The van der Waals surface area contributed by atoms with Gasteiger partial charge in [-0.3, -0.25) is 9.59 Å². The number of carbonyl (C=O) groups is 2. The number of nitrogens with zero attached hydrogens (tertiary/aromatic N) is 1. The van der Waals surface area contributed by atoms with Crippen LogP contribution in [0.15, 0.2) is 34.8 Å². The number of amides is 2. The molecule has 4 rings (SSSR count). The van der Waals surface area contributed by atoms with Gasteiger partial charge in [-0.2, -0.15) is 0 Å². The normalized spacial score (nSPS) is 16.9. The number of halogens is 1. The fourth-order valence-corrected chi connectivity index (χ4v) is 4.09. The Hall–Kier alpha value is -2.34. The maximum atomic E-state index is 12.6. The van der Waals surface area contributed by atoms with E-state index in [2.05, 4.69) is 20.9 Å². The van der Waals surface area contributed by atoms with Crippen LogP contribution in [-0.2, 0) is 4.79 Å². The first-order valence-electron chi connectivity index (χ1n) is 8.15. The Morgan fingerprint density at radius 3 is 2.68 bits per heavy atom. The number of anilines is 1. The largest absolute Gasteiger partial charge is 0.366 e. The SMILES string of the molecule is CC1(C)CCN(c2ccc3c(c2)[nH]c2c(C(N)=O)ccc(Br)c23)C1=O. The molecule has 3 aromatic rings. The Morgan fingerprint density at radius 1 is 1.28 bits per heavy atom. The molecule has 2 heterocycles. The molecule has 1 saturated heterocycles. The number of hydrogen-bond acceptors (Lipinski definition) is 2. The third-order valence-corrected chi connectivity index (χ3v) is 5.71. The van der Waals surface area contributed by atoms with Crippen molar-refractivity contribution in [2.24, 2.45) is 11.1 Å². The van der Waals surface area contributed by atoms with E-state index in [4.69, 9.17) is 5.73 Å². The molecule has 5 nitrogen and oxygen atoms in total. The molecule has 0 spiro atoms. The van der Waals surface area contributed by atoms with Gasteiger partial charge in [-0.05, 0) is 30.7 Å². The summed E-state index contributed by atoms with van der Waals surface area (Å²) in [4.78, 5) is 29.4. The first-order chi connectivity index (χ1) is 11.8. The van der Waals surface area contributed by atoms with Gasteiger partial charge in [0.15, 0.2) is 0 Å². The number of H-pyrrole nitrogens is 1. The number of nitrogens with one attached hydrogen (secondary N) is 1. The first kappa shape index (κ1) is 16.1. The standard InChI is InChI=1S/C19H18BrN3O2/c1-19(2)7-8-23(18(19)25)10-3-4-11-14(9-10)22-16-12(17(21)24)5-6-13(20)15(11)16/h3-6,9,22H,7-8H2,1-2H3,(H2,21,24). The molecular formula is C19H18BrN3O2. The van der Waals surface area contributed by atoms with E-state index in [9.17, 15) is 9.59 Å². The molecule has 25 heavy (non-hydrogen) atoms. The zero-order valence-electron chi connectivity index (χ0n) is 14.0. The summed E-state index contributed by atoms with van der Waals surface area (Å²) in [6.07, 6.45) is 0.841. The van der Waals surface area contributed by atoms with Crippen molar-refractivity contribution in [3.05, 3.63) is 40.4 Å². The molecule has 0 saturated carbocycles. The van der Waals surface area contributed by atoms with Crippen LogP contribution in [0.3, 0.4) is 0 Å². The highest BCUT2D eigenvalue weighted by Gasteiger charge is 2.39. The number of primary amides is 1. The van der Waals surface area contributed by atoms with Crippen LogP contribution >= 0.6 is 15.9 Å². The summed E-state index contributed by atoms with van der Waals surface area (Å²) in [5.41, 5.74) is 8.09. The summed E-state index contributed by atoms with van der Waals surface area (Å²) in [7, 11) is 0. The third kappa shape index (κ3) is 2.35. The van der Waals surface area contributed by atoms with Crippen LogP contribution in [-0.4, -0.2) is 23.3 Å². The van der Waals surface area contributed by atoms with Gasteiger partial charge >= 0.3 is 0 Å². The van der Waals surface area contributed by atoms with Crippen LogP contribution < -0.4 is 10.6 Å². The Labute approximate surface area is 153 Å². The fourth-order valence-electron chi connectivity index (χ4n) is 3.54. The molecule has 0 radical (unpaired) electrons. The van der Waals surface area contributed by atoms with Crippen molar-refractivity contribution in [3.63, 3.8) is 0 Å². The van der Waals surface area contributed by atoms with Gasteiger partial charge in [0.05, 0.1) is 11.1 Å². The number of aromatic nitrogens is 1. The quantitative estimate of drug-likeness (QED) is 0.683. The topological polar surface area (TPSA) is 79.2 Å². The van der Waals surface area contributed by atoms with E-state index in [1.165, 1.54) is 0 Å². The molecule has 0 unspecified atom stereocenters. The van der Waals surface area contributed by atoms with E-state index in [0.717, 1.165) is 32.9 Å². The molecule has 1 aromatic heterocycles. The second-order valence-electron chi connectivity index (χ2n) is 7.15. The number of carbonyl (C=O) groups excluding carboxylic acids is 2. The maximum Gasteiger partial charge on any atom is 0.250 e. The van der Waals surface area contributed by atoms with Gasteiger partial charge in [-0.15, -0.1) is 0 Å². The van der Waals surface area contributed by atoms with Crippen molar-refractivity contribution in [1.82, 2.24) is 4.98 Å². The summed E-state index contributed by atoms with van der Waals surface area (Å²) < 4.78 is 0.893. The van der Waals surface area contributed by atoms with E-state index in [-0.39, 0.29) is 11.3 Å². The van der Waals surface area contributed by atoms with E-state index < -0.39 is 5.91 Å². The Balaban J connectivity index is 1.92. The minimum absolute atomic E-state index is 0.141. The van der Waals surface area contributed by atoms with Gasteiger partial charge in [-0.25, -0.2) is 0 Å². The molecule has 0 aliphatic carbocycles. The number of fused-ring (bicyclic) bond motifs is 3. The highest BCUT2D eigenvalue weighted by molar-refractivity contribution is 9.10. The van der Waals surface area contributed by atoms with Crippen molar-refractivity contribution < 1.29 is 9.59 Å². The van der Waals surface area contributed by atoms with Crippen molar-refractivity contribution >= 4 is 55.2 Å². The lowest BCUT2D eigenvalue weighted by atomic mass is 9.92. The van der Waals surface area contributed by atoms with Crippen LogP contribution in [0.5, 0.6) is 0 Å². The van der Waals surface area contributed by atoms with E-state index >= 15 is 0 Å². The fraction of sp³-hybridized carbons (Fsp3) is 0.263. The third-order valence-electron chi connectivity index (χ3n) is 5.05. The molecule has 128 valence electrons. The van der Waals surface area contributed by atoms with Crippen LogP contribution in [0.1, 0.15) is 30.6 Å². The van der Waals surface area contributed by atoms with Gasteiger partial charge in [0.1, 0.15) is 0 Å². The number of hydrogen-bond donors (Lipinski definition) is 2. The molecule has 0 bridgehead atoms. The minimum atomic E-state index is -0.472. The predicted molar refractivity (Wildman–Crippen MR) is 103 cm³/mol. The monoisotopic (exact) mass is 399 g/mol. The van der Waals surface area contributed by atoms with E-state index in [0.29, 0.717) is 17.6 Å². The lowest BCUT2D eigenvalue weighted by molar-refractivity contribution is -0.123. The van der Waals surface area contributed by atoms with Gasteiger partial charge in [0, 0.05) is 38.4 Å². The zero-order chi connectivity index (χ0) is 17.9. The number of nitrogens with two attached hydrogens (primary N) is 1. The zero-order valence-corrected chi connectivity index (χ0v) is 15.6. The van der Waals surface area contributed by atoms with Crippen LogP contribution in [0.4, 0.5) is 5.69 Å². The van der Waals surface area contributed by atoms with Crippen molar-refractivity contribution in [3.8, 4) is 0 Å². The number of rotatable bonds is 2. The molecule has 1 aliphatic heterocycles. The van der Waals surface area contributed by atoms with Crippen molar-refractivity contribution in [2.45, 2.75) is 20.3 Å². The van der Waals surface area contributed by atoms with Crippen LogP contribution in [0, 0.1) is 5.41 Å². The summed E-state index contributed by atoms with van der Waals surface area (Å²) in [5, 5.41) is 1.91. The predicted octanol–water partition coefficient (Wildman–Crippen LogP) is 3.95. The summed E-state index contributed by atoms with van der Waals surface area (Å²) >= 11 is 3.55. The molecule has 6 heteroatoms. The molecule has 1 fully saturated rings. The van der Waals surface area contributed by atoms with E-state index in [1.54, 1.807) is 6.07 Å². The van der Waals surface area contributed by atoms with Gasteiger partial charge < -0.3 is 15.6 Å². The lowest BCUT2D eigenvalue weighted by Crippen LogP contribution is -2.30. The smallest absolute Gasteiger partial charge is 0.250 e. The van der Waals surface area contributed by atoms with Gasteiger partial charge in [0.25, 0.3) is 5.91 Å². The maximum absolute atomic E-state index is 12.6.